The number of hydrogen-bond acceptors (Lipinski definition) is 4. The van der Waals surface area contributed by atoms with E-state index in [9.17, 15) is 31.1 Å². The molecule has 2 amide bonds. The maximum Gasteiger partial charge on any atom is 0.461 e. The van der Waals surface area contributed by atoms with E-state index in [0.29, 0.717) is 5.56 Å². The number of aryl methyl sites for hydroxylation is 1. The first-order valence-corrected chi connectivity index (χ1v) is 7.64. The molecule has 2 N–H and O–H groups in total. The molecule has 1 aromatic heterocycles. The lowest BCUT2D eigenvalue weighted by Crippen LogP contribution is -2.69. The van der Waals surface area contributed by atoms with E-state index in [-0.39, 0.29) is 5.82 Å². The van der Waals surface area contributed by atoms with Gasteiger partial charge in [-0.15, -0.1) is 0 Å². The molecule has 0 saturated carbocycles. The number of nitrogens with one attached hydrogen (secondary N) is 2. The molecule has 0 aromatic carbocycles. The summed E-state index contributed by atoms with van der Waals surface area (Å²) in [4.78, 5) is 19.1. The maximum absolute atomic E-state index is 13.3. The number of alkyl halides is 6. The van der Waals surface area contributed by atoms with Gasteiger partial charge in [0.15, 0.2) is 0 Å². The van der Waals surface area contributed by atoms with Crippen molar-refractivity contribution < 1.29 is 36.0 Å². The summed E-state index contributed by atoms with van der Waals surface area (Å²) in [7, 11) is 0. The first kappa shape index (κ1) is 22.8. The molecule has 0 unspecified atom stereocenters. The second-order valence-electron chi connectivity index (χ2n) is 5.64. The van der Waals surface area contributed by atoms with Crippen molar-refractivity contribution in [1.82, 2.24) is 10.3 Å². The maximum atomic E-state index is 13.3. The number of anilines is 1. The highest BCUT2D eigenvalue weighted by Gasteiger charge is 2.76. The van der Waals surface area contributed by atoms with Gasteiger partial charge in [0.1, 0.15) is 11.0 Å². The summed E-state index contributed by atoms with van der Waals surface area (Å²) in [6, 6.07) is 0.760. The third-order valence-electron chi connectivity index (χ3n) is 2.99. The van der Waals surface area contributed by atoms with Crippen LogP contribution in [0.3, 0.4) is 0 Å². The van der Waals surface area contributed by atoms with Gasteiger partial charge in [-0.3, -0.25) is 10.6 Å². The molecule has 0 fully saturated rings. The third-order valence-corrected chi connectivity index (χ3v) is 3.49. The lowest BCUT2D eigenvalue weighted by Gasteiger charge is -2.34. The molecular formula is C14H15ClF6N4O2. The normalized spacial score (nSPS) is 13.5. The summed E-state index contributed by atoms with van der Waals surface area (Å²) < 4.78 is 79.6. The van der Waals surface area contributed by atoms with Gasteiger partial charge in [-0.1, -0.05) is 36.7 Å². The molecule has 0 aliphatic carbocycles. The molecule has 0 spiro atoms. The molecule has 152 valence electrons. The Balaban J connectivity index is 3.21. The molecule has 1 heterocycles. The van der Waals surface area contributed by atoms with Crippen LogP contribution >= 0.6 is 11.6 Å². The van der Waals surface area contributed by atoms with Crippen LogP contribution in [-0.4, -0.2) is 34.3 Å². The van der Waals surface area contributed by atoms with Gasteiger partial charge < -0.3 is 4.84 Å². The Bertz CT molecular complexity index is 674. The predicted molar refractivity (Wildman–Crippen MR) is 85.2 cm³/mol. The number of amides is 2. The number of aromatic nitrogens is 1. The molecule has 6 nitrogen and oxygen atoms in total. The van der Waals surface area contributed by atoms with Crippen molar-refractivity contribution in [3.8, 4) is 0 Å². The zero-order chi connectivity index (χ0) is 21.0. The molecule has 1 aromatic rings. The van der Waals surface area contributed by atoms with E-state index in [0.717, 1.165) is 5.32 Å². The van der Waals surface area contributed by atoms with Crippen molar-refractivity contribution in [2.75, 3.05) is 5.32 Å². The van der Waals surface area contributed by atoms with Gasteiger partial charge >= 0.3 is 24.1 Å². The lowest BCUT2D eigenvalue weighted by molar-refractivity contribution is -0.388. The summed E-state index contributed by atoms with van der Waals surface area (Å²) in [6.07, 6.45) is -11.0. The second kappa shape index (κ2) is 8.19. The van der Waals surface area contributed by atoms with Crippen molar-refractivity contribution in [2.24, 2.45) is 11.1 Å². The van der Waals surface area contributed by atoms with Gasteiger partial charge in [0.2, 0.25) is 0 Å². The quantitative estimate of drug-likeness (QED) is 0.317. The molecule has 13 heteroatoms. The summed E-state index contributed by atoms with van der Waals surface area (Å²) in [5.41, 5.74) is -4.47. The third kappa shape index (κ3) is 5.62. The summed E-state index contributed by atoms with van der Waals surface area (Å²) in [5, 5.41) is 4.52. The van der Waals surface area contributed by atoms with Crippen LogP contribution in [0.2, 0.25) is 0 Å². The minimum atomic E-state index is -6.11. The van der Waals surface area contributed by atoms with Crippen LogP contribution in [0.5, 0.6) is 0 Å². The van der Waals surface area contributed by atoms with Crippen LogP contribution in [0, 0.1) is 12.8 Å². The molecule has 1 rings (SSSR count). The van der Waals surface area contributed by atoms with Gasteiger partial charge in [-0.05, 0) is 18.6 Å². The number of halogens is 7. The number of carbonyl (C=O) groups is 1. The van der Waals surface area contributed by atoms with E-state index in [4.69, 9.17) is 11.6 Å². The Morgan fingerprint density at radius 3 is 2.15 bits per heavy atom. The number of pyridine rings is 1. The fourth-order valence-electron chi connectivity index (χ4n) is 1.50. The highest BCUT2D eigenvalue weighted by molar-refractivity contribution is 6.65. The largest absolute Gasteiger partial charge is 0.461 e. The van der Waals surface area contributed by atoms with Crippen molar-refractivity contribution in [3.63, 3.8) is 0 Å². The average molecular weight is 421 g/mol. The molecule has 0 atom stereocenters. The van der Waals surface area contributed by atoms with E-state index in [1.165, 1.54) is 32.2 Å². The van der Waals surface area contributed by atoms with Gasteiger partial charge in [0.05, 0.1) is 0 Å². The molecule has 27 heavy (non-hydrogen) atoms. The highest BCUT2D eigenvalue weighted by Crippen LogP contribution is 2.44. The standard InChI is InChI=1S/C14H15ClF6N4O2/c1-7(2)10(15)25-27-12(13(16,17)18,14(19,20)21)24-11(26)23-9-5-4-8(3)6-22-9/h4-7H,1-3H3,(H2,22,23,24,26)/b25-10+. The number of nitrogens with zero attached hydrogens (tertiary/aromatic N) is 2. The van der Waals surface area contributed by atoms with Gasteiger partial charge in [0, 0.05) is 12.1 Å². The zero-order valence-electron chi connectivity index (χ0n) is 14.2. The van der Waals surface area contributed by atoms with Crippen LogP contribution in [0.15, 0.2) is 23.5 Å². The van der Waals surface area contributed by atoms with E-state index in [1.807, 2.05) is 0 Å². The Labute approximate surface area is 154 Å². The number of hydrogen-bond donors (Lipinski definition) is 2. The fraction of sp³-hybridized carbons (Fsp3) is 0.500. The first-order chi connectivity index (χ1) is 12.2. The van der Waals surface area contributed by atoms with Crippen molar-refractivity contribution in [3.05, 3.63) is 23.9 Å². The van der Waals surface area contributed by atoms with Crippen LogP contribution in [0.4, 0.5) is 37.0 Å². The zero-order valence-corrected chi connectivity index (χ0v) is 14.9. The number of oxime groups is 1. The fourth-order valence-corrected chi connectivity index (χ4v) is 1.53. The monoisotopic (exact) mass is 420 g/mol. The van der Waals surface area contributed by atoms with Crippen LogP contribution in [0.25, 0.3) is 0 Å². The van der Waals surface area contributed by atoms with E-state index in [1.54, 1.807) is 12.2 Å². The summed E-state index contributed by atoms with van der Waals surface area (Å²) >= 11 is 5.46. The minimum Gasteiger partial charge on any atom is -0.346 e. The van der Waals surface area contributed by atoms with E-state index >= 15 is 0 Å². The predicted octanol–water partition coefficient (Wildman–Crippen LogP) is 4.56. The molecular weight excluding hydrogens is 406 g/mol. The lowest BCUT2D eigenvalue weighted by atomic mass is 10.2. The topological polar surface area (TPSA) is 75.6 Å². The highest BCUT2D eigenvalue weighted by atomic mass is 35.5. The first-order valence-electron chi connectivity index (χ1n) is 7.26. The Morgan fingerprint density at radius 2 is 1.74 bits per heavy atom. The van der Waals surface area contributed by atoms with E-state index < -0.39 is 35.2 Å². The number of urea groups is 1. The molecule has 0 aliphatic heterocycles. The molecule has 0 radical (unpaired) electrons. The van der Waals surface area contributed by atoms with Crippen molar-refractivity contribution >= 4 is 28.6 Å². The molecule has 0 bridgehead atoms. The average Bonchev–Trinajstić information content (AvgIpc) is 2.50. The summed E-state index contributed by atoms with van der Waals surface area (Å²) in [5.74, 6) is -0.989. The van der Waals surface area contributed by atoms with Crippen LogP contribution < -0.4 is 10.6 Å². The molecule has 0 aliphatic rings. The van der Waals surface area contributed by atoms with E-state index in [2.05, 4.69) is 15.0 Å². The van der Waals surface area contributed by atoms with Crippen molar-refractivity contribution in [1.29, 1.82) is 0 Å². The smallest absolute Gasteiger partial charge is 0.346 e. The van der Waals surface area contributed by atoms with Crippen LogP contribution in [-0.2, 0) is 4.84 Å². The molecule has 0 saturated heterocycles. The van der Waals surface area contributed by atoms with Crippen LogP contribution in [0.1, 0.15) is 19.4 Å². The Hall–Kier alpha value is -2.24. The van der Waals surface area contributed by atoms with Gasteiger partial charge in [-0.25, -0.2) is 9.78 Å². The minimum absolute atomic E-state index is 0.278. The van der Waals surface area contributed by atoms with Gasteiger partial charge in [-0.2, -0.15) is 26.3 Å². The number of rotatable bonds is 5. The Morgan fingerprint density at radius 1 is 1.19 bits per heavy atom. The number of carbonyl (C=O) groups excluding carboxylic acids is 1. The Kier molecular flexibility index (Phi) is 6.92. The SMILES string of the molecule is Cc1ccc(NC(=O)NC(O/N=C(/Cl)C(C)C)(C(F)(F)F)C(F)(F)F)nc1. The van der Waals surface area contributed by atoms with Gasteiger partial charge in [0.25, 0.3) is 0 Å². The van der Waals surface area contributed by atoms with Crippen molar-refractivity contribution in [2.45, 2.75) is 38.8 Å². The second-order valence-corrected chi connectivity index (χ2v) is 6.02. The summed E-state index contributed by atoms with van der Waals surface area (Å²) in [6.45, 7) is 4.36.